The predicted molar refractivity (Wildman–Crippen MR) is 80.0 cm³/mol. The van der Waals surface area contributed by atoms with Crippen LogP contribution in [0.3, 0.4) is 0 Å². The summed E-state index contributed by atoms with van der Waals surface area (Å²) in [6, 6.07) is 8.43. The number of rotatable bonds is 7. The monoisotopic (exact) mass is 327 g/mol. The molecule has 0 saturated heterocycles. The van der Waals surface area contributed by atoms with Crippen molar-refractivity contribution in [3.8, 4) is 0 Å². The molecule has 1 aliphatic carbocycles. The highest BCUT2D eigenvalue weighted by Crippen LogP contribution is 2.26. The lowest BCUT2D eigenvalue weighted by atomic mass is 9.91. The number of benzene rings is 1. The third-order valence-electron chi connectivity index (χ3n) is 3.90. The Morgan fingerprint density at radius 3 is 2.68 bits per heavy atom. The Balaban J connectivity index is 1.85. The topological polar surface area (TPSA) is 43.7 Å². The van der Waals surface area contributed by atoms with Crippen LogP contribution in [0.4, 0.5) is 0 Å². The van der Waals surface area contributed by atoms with Crippen molar-refractivity contribution < 1.29 is 10.2 Å². The normalized spacial score (nSPS) is 17.5. The molecule has 1 fully saturated rings. The second-order valence-electron chi connectivity index (χ2n) is 5.20. The Kier molecular flexibility index (Phi) is 5.82. The maximum absolute atomic E-state index is 10.2. The molecule has 1 aromatic carbocycles. The lowest BCUT2D eigenvalue weighted by Crippen LogP contribution is -2.42. The zero-order valence-electron chi connectivity index (χ0n) is 11.1. The molecule has 1 unspecified atom stereocenters. The van der Waals surface area contributed by atoms with E-state index < -0.39 is 6.10 Å². The lowest BCUT2D eigenvalue weighted by Gasteiger charge is -2.37. The minimum atomic E-state index is -0.432. The summed E-state index contributed by atoms with van der Waals surface area (Å²) < 4.78 is 0.996. The maximum atomic E-state index is 10.2. The second kappa shape index (κ2) is 7.39. The standard InChI is InChI=1S/C15H22BrNO2/c16-13-4-1-3-12(11-13)15(19)7-8-17(9-10-18)14-5-2-6-14/h1,3-4,11,14-15,18-19H,2,5-10H2. The Labute approximate surface area is 123 Å². The summed E-state index contributed by atoms with van der Waals surface area (Å²) in [6.07, 6.45) is 4.03. The van der Waals surface area contributed by atoms with Gasteiger partial charge in [0.1, 0.15) is 0 Å². The number of nitrogens with zero attached hydrogens (tertiary/aromatic N) is 1. The molecule has 4 heteroatoms. The van der Waals surface area contributed by atoms with Gasteiger partial charge in [-0.15, -0.1) is 0 Å². The van der Waals surface area contributed by atoms with Crippen molar-refractivity contribution >= 4 is 15.9 Å². The van der Waals surface area contributed by atoms with E-state index in [1.54, 1.807) is 0 Å². The number of halogens is 1. The quantitative estimate of drug-likeness (QED) is 0.809. The maximum Gasteiger partial charge on any atom is 0.0802 e. The molecule has 3 nitrogen and oxygen atoms in total. The third-order valence-corrected chi connectivity index (χ3v) is 4.39. The SMILES string of the molecule is OCCN(CCC(O)c1cccc(Br)c1)C1CCC1. The molecule has 1 saturated carbocycles. The van der Waals surface area contributed by atoms with E-state index in [1.807, 2.05) is 24.3 Å². The molecule has 0 aromatic heterocycles. The lowest BCUT2D eigenvalue weighted by molar-refractivity contribution is 0.0765. The van der Waals surface area contributed by atoms with Gasteiger partial charge >= 0.3 is 0 Å². The first-order chi connectivity index (χ1) is 9.20. The number of aliphatic hydroxyl groups is 2. The molecule has 1 aromatic rings. The van der Waals surface area contributed by atoms with E-state index in [1.165, 1.54) is 19.3 Å². The van der Waals surface area contributed by atoms with Gasteiger partial charge in [-0.05, 0) is 37.0 Å². The Hall–Kier alpha value is -0.420. The smallest absolute Gasteiger partial charge is 0.0802 e. The van der Waals surface area contributed by atoms with E-state index in [2.05, 4.69) is 20.8 Å². The summed E-state index contributed by atoms with van der Waals surface area (Å²) in [5.41, 5.74) is 0.951. The van der Waals surface area contributed by atoms with Crippen molar-refractivity contribution in [1.29, 1.82) is 0 Å². The fraction of sp³-hybridized carbons (Fsp3) is 0.600. The van der Waals surface area contributed by atoms with Gasteiger partial charge in [-0.2, -0.15) is 0 Å². The van der Waals surface area contributed by atoms with Crippen LogP contribution < -0.4 is 0 Å². The predicted octanol–water partition coefficient (Wildman–Crippen LogP) is 2.72. The number of aliphatic hydroxyl groups excluding tert-OH is 2. The average Bonchev–Trinajstić information content (AvgIpc) is 2.33. The van der Waals surface area contributed by atoms with Crippen LogP contribution in [0.2, 0.25) is 0 Å². The van der Waals surface area contributed by atoms with Gasteiger partial charge in [0.25, 0.3) is 0 Å². The summed E-state index contributed by atoms with van der Waals surface area (Å²) in [7, 11) is 0. The molecule has 0 heterocycles. The molecule has 2 N–H and O–H groups in total. The molecular formula is C15H22BrNO2. The zero-order valence-corrected chi connectivity index (χ0v) is 12.7. The van der Waals surface area contributed by atoms with Gasteiger partial charge in [0, 0.05) is 23.6 Å². The first kappa shape index (κ1) is 15.0. The van der Waals surface area contributed by atoms with Crippen molar-refractivity contribution in [2.75, 3.05) is 19.7 Å². The van der Waals surface area contributed by atoms with E-state index in [-0.39, 0.29) is 6.61 Å². The van der Waals surface area contributed by atoms with Gasteiger partial charge in [-0.25, -0.2) is 0 Å². The molecule has 0 aliphatic heterocycles. The van der Waals surface area contributed by atoms with Crippen LogP contribution in [0.5, 0.6) is 0 Å². The van der Waals surface area contributed by atoms with Crippen LogP contribution in [-0.4, -0.2) is 40.9 Å². The van der Waals surface area contributed by atoms with Crippen molar-refractivity contribution in [3.63, 3.8) is 0 Å². The minimum Gasteiger partial charge on any atom is -0.395 e. The number of hydrogen-bond acceptors (Lipinski definition) is 3. The fourth-order valence-corrected chi connectivity index (χ4v) is 2.94. The van der Waals surface area contributed by atoms with Crippen LogP contribution >= 0.6 is 15.9 Å². The van der Waals surface area contributed by atoms with Gasteiger partial charge in [-0.3, -0.25) is 4.90 Å². The number of hydrogen-bond donors (Lipinski definition) is 2. The molecule has 0 spiro atoms. The molecule has 1 aliphatic rings. The van der Waals surface area contributed by atoms with Crippen LogP contribution in [0, 0.1) is 0 Å². The molecule has 0 bridgehead atoms. The molecular weight excluding hydrogens is 306 g/mol. The van der Waals surface area contributed by atoms with E-state index >= 15 is 0 Å². The summed E-state index contributed by atoms with van der Waals surface area (Å²) in [5, 5.41) is 19.3. The molecule has 19 heavy (non-hydrogen) atoms. The van der Waals surface area contributed by atoms with E-state index in [4.69, 9.17) is 5.11 Å². The summed E-state index contributed by atoms with van der Waals surface area (Å²) in [6.45, 7) is 1.76. The van der Waals surface area contributed by atoms with Crippen LogP contribution in [0.1, 0.15) is 37.4 Å². The highest BCUT2D eigenvalue weighted by molar-refractivity contribution is 9.10. The molecule has 106 valence electrons. The highest BCUT2D eigenvalue weighted by atomic mass is 79.9. The van der Waals surface area contributed by atoms with E-state index in [9.17, 15) is 5.11 Å². The van der Waals surface area contributed by atoms with Gasteiger partial charge in [0.2, 0.25) is 0 Å². The van der Waals surface area contributed by atoms with Crippen molar-refractivity contribution in [1.82, 2.24) is 4.90 Å². The largest absolute Gasteiger partial charge is 0.395 e. The zero-order chi connectivity index (χ0) is 13.7. The van der Waals surface area contributed by atoms with Gasteiger partial charge in [-0.1, -0.05) is 34.5 Å². The van der Waals surface area contributed by atoms with Gasteiger partial charge < -0.3 is 10.2 Å². The Morgan fingerprint density at radius 1 is 1.32 bits per heavy atom. The second-order valence-corrected chi connectivity index (χ2v) is 6.12. The molecule has 2 rings (SSSR count). The van der Waals surface area contributed by atoms with E-state index in [0.717, 1.165) is 23.1 Å². The first-order valence-corrected chi connectivity index (χ1v) is 7.78. The van der Waals surface area contributed by atoms with Crippen LogP contribution in [0.15, 0.2) is 28.7 Å². The third kappa shape index (κ3) is 4.28. The molecule has 1 atom stereocenters. The van der Waals surface area contributed by atoms with Crippen LogP contribution in [-0.2, 0) is 0 Å². The summed E-state index contributed by atoms with van der Waals surface area (Å²) >= 11 is 3.42. The van der Waals surface area contributed by atoms with Crippen molar-refractivity contribution in [2.45, 2.75) is 37.8 Å². The first-order valence-electron chi connectivity index (χ1n) is 6.99. The van der Waals surface area contributed by atoms with Crippen molar-refractivity contribution in [2.24, 2.45) is 0 Å². The van der Waals surface area contributed by atoms with Gasteiger partial charge in [0.05, 0.1) is 12.7 Å². The Morgan fingerprint density at radius 2 is 2.11 bits per heavy atom. The average molecular weight is 328 g/mol. The van der Waals surface area contributed by atoms with Gasteiger partial charge in [0.15, 0.2) is 0 Å². The minimum absolute atomic E-state index is 0.198. The molecule has 0 amide bonds. The fourth-order valence-electron chi connectivity index (χ4n) is 2.53. The van der Waals surface area contributed by atoms with E-state index in [0.29, 0.717) is 12.5 Å². The summed E-state index contributed by atoms with van der Waals surface area (Å²) in [5.74, 6) is 0. The van der Waals surface area contributed by atoms with Crippen LogP contribution in [0.25, 0.3) is 0 Å². The highest BCUT2D eigenvalue weighted by Gasteiger charge is 2.24. The summed E-state index contributed by atoms with van der Waals surface area (Å²) in [4.78, 5) is 2.31. The Bertz CT molecular complexity index is 395. The molecule has 0 radical (unpaired) electrons. The van der Waals surface area contributed by atoms with Crippen molar-refractivity contribution in [3.05, 3.63) is 34.3 Å².